The standard InChI is InChI=1S/C7H13O/c1-3-5-7-8-6-4-2/h4,6H,2-3,5,7H2,1H3. The van der Waals surface area contributed by atoms with Gasteiger partial charge in [-0.15, -0.1) is 6.58 Å². The van der Waals surface area contributed by atoms with Gasteiger partial charge in [0.2, 0.25) is 0 Å². The highest BCUT2D eigenvalue weighted by Gasteiger charge is 1.80. The Morgan fingerprint density at radius 3 is 2.88 bits per heavy atom. The minimum atomic E-state index is 0.822. The molecule has 8 heavy (non-hydrogen) atoms. The van der Waals surface area contributed by atoms with Crippen LogP contribution in [0.25, 0.3) is 0 Å². The summed E-state index contributed by atoms with van der Waals surface area (Å²) >= 11 is 0. The van der Waals surface area contributed by atoms with Crippen molar-refractivity contribution >= 4 is 0 Å². The maximum Gasteiger partial charge on any atom is 0.105 e. The molecule has 0 amide bonds. The van der Waals surface area contributed by atoms with E-state index in [4.69, 9.17) is 4.74 Å². The molecule has 0 saturated heterocycles. The van der Waals surface area contributed by atoms with Crippen LogP contribution in [0.1, 0.15) is 19.8 Å². The molecule has 1 radical (unpaired) electrons. The van der Waals surface area contributed by atoms with E-state index in [0.29, 0.717) is 0 Å². The SMILES string of the molecule is C=C[CH]OCCCC. The molecule has 0 aliphatic heterocycles. The Balaban J connectivity index is 2.62. The zero-order chi connectivity index (χ0) is 6.24. The molecular weight excluding hydrogens is 100 g/mol. The largest absolute Gasteiger partial charge is 0.371 e. The molecule has 1 heteroatoms. The van der Waals surface area contributed by atoms with Crippen molar-refractivity contribution < 1.29 is 4.74 Å². The third kappa shape index (κ3) is 5.70. The van der Waals surface area contributed by atoms with Gasteiger partial charge in [-0.1, -0.05) is 19.4 Å². The smallest absolute Gasteiger partial charge is 0.105 e. The number of rotatable bonds is 5. The molecule has 0 N–H and O–H groups in total. The van der Waals surface area contributed by atoms with Crippen molar-refractivity contribution in [1.82, 2.24) is 0 Å². The minimum Gasteiger partial charge on any atom is -0.371 e. The Morgan fingerprint density at radius 1 is 1.62 bits per heavy atom. The van der Waals surface area contributed by atoms with Crippen LogP contribution < -0.4 is 0 Å². The van der Waals surface area contributed by atoms with Crippen molar-refractivity contribution in [2.24, 2.45) is 0 Å². The van der Waals surface area contributed by atoms with Gasteiger partial charge in [0.05, 0.1) is 0 Å². The molecule has 0 aromatic carbocycles. The van der Waals surface area contributed by atoms with Crippen molar-refractivity contribution in [3.8, 4) is 0 Å². The van der Waals surface area contributed by atoms with E-state index in [1.807, 2.05) is 0 Å². The number of hydrogen-bond donors (Lipinski definition) is 0. The van der Waals surface area contributed by atoms with Crippen molar-refractivity contribution in [3.05, 3.63) is 19.3 Å². The van der Waals surface area contributed by atoms with Gasteiger partial charge in [-0.05, 0) is 6.42 Å². The van der Waals surface area contributed by atoms with Crippen LogP contribution in [0.4, 0.5) is 0 Å². The summed E-state index contributed by atoms with van der Waals surface area (Å²) in [6, 6.07) is 0. The fraction of sp³-hybridized carbons (Fsp3) is 0.571. The van der Waals surface area contributed by atoms with Gasteiger partial charge in [0.1, 0.15) is 6.61 Å². The van der Waals surface area contributed by atoms with Gasteiger partial charge < -0.3 is 4.74 Å². The summed E-state index contributed by atoms with van der Waals surface area (Å²) in [5, 5.41) is 0. The molecule has 0 heterocycles. The van der Waals surface area contributed by atoms with Crippen LogP contribution in [0.2, 0.25) is 0 Å². The molecule has 0 aliphatic rings. The van der Waals surface area contributed by atoms with Crippen molar-refractivity contribution in [3.63, 3.8) is 0 Å². The van der Waals surface area contributed by atoms with Crippen LogP contribution in [0.15, 0.2) is 12.7 Å². The summed E-state index contributed by atoms with van der Waals surface area (Å²) in [5.41, 5.74) is 0. The van der Waals surface area contributed by atoms with E-state index < -0.39 is 0 Å². The molecule has 0 saturated carbocycles. The second-order valence-electron chi connectivity index (χ2n) is 1.60. The summed E-state index contributed by atoms with van der Waals surface area (Å²) in [5.74, 6) is 0. The first-order valence-corrected chi connectivity index (χ1v) is 2.97. The summed E-state index contributed by atoms with van der Waals surface area (Å²) in [7, 11) is 0. The van der Waals surface area contributed by atoms with Gasteiger partial charge in [-0.3, -0.25) is 0 Å². The predicted molar refractivity (Wildman–Crippen MR) is 35.4 cm³/mol. The van der Waals surface area contributed by atoms with Gasteiger partial charge in [-0.2, -0.15) is 0 Å². The molecular formula is C7H13O. The second-order valence-corrected chi connectivity index (χ2v) is 1.60. The van der Waals surface area contributed by atoms with Crippen molar-refractivity contribution in [2.45, 2.75) is 19.8 Å². The Hall–Kier alpha value is -0.300. The van der Waals surface area contributed by atoms with Gasteiger partial charge in [0.25, 0.3) is 0 Å². The highest BCUT2D eigenvalue weighted by molar-refractivity contribution is 4.76. The highest BCUT2D eigenvalue weighted by atomic mass is 16.5. The van der Waals surface area contributed by atoms with Crippen molar-refractivity contribution in [2.75, 3.05) is 6.61 Å². The van der Waals surface area contributed by atoms with E-state index in [0.717, 1.165) is 13.0 Å². The zero-order valence-corrected chi connectivity index (χ0v) is 5.39. The summed E-state index contributed by atoms with van der Waals surface area (Å²) < 4.78 is 4.98. The first kappa shape index (κ1) is 7.70. The zero-order valence-electron chi connectivity index (χ0n) is 5.39. The third-order valence-electron chi connectivity index (χ3n) is 0.808. The monoisotopic (exact) mass is 113 g/mol. The molecule has 0 aromatic rings. The molecule has 0 rings (SSSR count). The summed E-state index contributed by atoms with van der Waals surface area (Å²) in [6.45, 7) is 8.06. The quantitative estimate of drug-likeness (QED) is 0.496. The summed E-state index contributed by atoms with van der Waals surface area (Å²) in [6.07, 6.45) is 3.96. The van der Waals surface area contributed by atoms with E-state index in [-0.39, 0.29) is 0 Å². The van der Waals surface area contributed by atoms with Crippen LogP contribution >= 0.6 is 0 Å². The van der Waals surface area contributed by atoms with Crippen molar-refractivity contribution in [1.29, 1.82) is 0 Å². The highest BCUT2D eigenvalue weighted by Crippen LogP contribution is 1.89. The lowest BCUT2D eigenvalue weighted by Crippen LogP contribution is -1.87. The normalized spacial score (nSPS) is 9.12. The molecule has 0 atom stereocenters. The van der Waals surface area contributed by atoms with Gasteiger partial charge in [0.15, 0.2) is 0 Å². The van der Waals surface area contributed by atoms with Gasteiger partial charge >= 0.3 is 0 Å². The van der Waals surface area contributed by atoms with Crippen LogP contribution in [-0.4, -0.2) is 6.61 Å². The van der Waals surface area contributed by atoms with Crippen LogP contribution in [-0.2, 0) is 4.74 Å². The first-order valence-electron chi connectivity index (χ1n) is 2.97. The third-order valence-corrected chi connectivity index (χ3v) is 0.808. The van der Waals surface area contributed by atoms with E-state index in [1.165, 1.54) is 6.42 Å². The fourth-order valence-electron chi connectivity index (χ4n) is 0.364. The van der Waals surface area contributed by atoms with Gasteiger partial charge in [-0.25, -0.2) is 0 Å². The average Bonchev–Trinajstić information content (AvgIpc) is 1.81. The van der Waals surface area contributed by atoms with E-state index in [1.54, 1.807) is 12.7 Å². The number of unbranched alkanes of at least 4 members (excludes halogenated alkanes) is 1. The minimum absolute atomic E-state index is 0.822. The summed E-state index contributed by atoms with van der Waals surface area (Å²) in [4.78, 5) is 0. The Morgan fingerprint density at radius 2 is 2.38 bits per heavy atom. The van der Waals surface area contributed by atoms with E-state index in [2.05, 4.69) is 13.5 Å². The Bertz CT molecular complexity index is 50.3. The number of ether oxygens (including phenoxy) is 1. The number of hydrogen-bond acceptors (Lipinski definition) is 1. The lowest BCUT2D eigenvalue weighted by atomic mass is 10.4. The topological polar surface area (TPSA) is 9.23 Å². The maximum absolute atomic E-state index is 4.98. The molecule has 0 aliphatic carbocycles. The molecule has 47 valence electrons. The molecule has 0 bridgehead atoms. The fourth-order valence-corrected chi connectivity index (χ4v) is 0.364. The molecule has 0 unspecified atom stereocenters. The second kappa shape index (κ2) is 6.70. The maximum atomic E-state index is 4.98. The Labute approximate surface area is 51.4 Å². The first-order chi connectivity index (χ1) is 3.91. The lowest BCUT2D eigenvalue weighted by Gasteiger charge is -1.94. The average molecular weight is 113 g/mol. The molecule has 0 aromatic heterocycles. The van der Waals surface area contributed by atoms with Crippen LogP contribution in [0.3, 0.4) is 0 Å². The lowest BCUT2D eigenvalue weighted by molar-refractivity contribution is 0.211. The van der Waals surface area contributed by atoms with E-state index in [9.17, 15) is 0 Å². The van der Waals surface area contributed by atoms with Gasteiger partial charge in [0, 0.05) is 6.61 Å². The molecule has 1 nitrogen and oxygen atoms in total. The predicted octanol–water partition coefficient (Wildman–Crippen LogP) is 2.15. The van der Waals surface area contributed by atoms with E-state index >= 15 is 0 Å². The molecule has 0 fully saturated rings. The van der Waals surface area contributed by atoms with Crippen LogP contribution in [0, 0.1) is 6.61 Å². The Kier molecular flexibility index (Phi) is 6.45. The van der Waals surface area contributed by atoms with Crippen LogP contribution in [0.5, 0.6) is 0 Å². The molecule has 0 spiro atoms.